The number of aromatic nitrogens is 3. The van der Waals surface area contributed by atoms with E-state index in [1.807, 2.05) is 16.4 Å². The second kappa shape index (κ2) is 4.61. The van der Waals surface area contributed by atoms with Gasteiger partial charge in [-0.05, 0) is 13.3 Å². The van der Waals surface area contributed by atoms with E-state index in [4.69, 9.17) is 5.73 Å². The highest BCUT2D eigenvalue weighted by Gasteiger charge is 2.21. The summed E-state index contributed by atoms with van der Waals surface area (Å²) in [7, 11) is 0. The van der Waals surface area contributed by atoms with Crippen molar-refractivity contribution in [3.8, 4) is 0 Å². The van der Waals surface area contributed by atoms with Gasteiger partial charge in [0.25, 0.3) is 0 Å². The molecule has 6 heteroatoms. The fourth-order valence-electron chi connectivity index (χ4n) is 1.79. The van der Waals surface area contributed by atoms with Crippen molar-refractivity contribution >= 4 is 5.91 Å². The minimum absolute atomic E-state index is 0.0809. The zero-order valence-electron chi connectivity index (χ0n) is 9.46. The molecule has 1 aliphatic rings. The fraction of sp³-hybridized carbons (Fsp3) is 0.700. The molecule has 0 aliphatic carbocycles. The van der Waals surface area contributed by atoms with E-state index in [9.17, 15) is 4.79 Å². The van der Waals surface area contributed by atoms with Crippen molar-refractivity contribution in [2.45, 2.75) is 38.9 Å². The molecule has 1 aliphatic heterocycles. The van der Waals surface area contributed by atoms with Crippen LogP contribution in [-0.2, 0) is 17.9 Å². The molecule has 0 saturated carbocycles. The topological polar surface area (TPSA) is 77.0 Å². The number of hydrogen-bond acceptors (Lipinski definition) is 4. The molecule has 0 radical (unpaired) electrons. The van der Waals surface area contributed by atoms with Gasteiger partial charge >= 0.3 is 0 Å². The van der Waals surface area contributed by atoms with Crippen LogP contribution < -0.4 is 5.73 Å². The third-order valence-corrected chi connectivity index (χ3v) is 2.81. The third-order valence-electron chi connectivity index (χ3n) is 2.81. The standard InChI is InChI=1S/C10H17N5O/c1-8(11)2-3-10(16)14-4-5-15-7-12-13-9(15)6-14/h7-8H,2-6,11H2,1H3. The van der Waals surface area contributed by atoms with Crippen molar-refractivity contribution in [2.75, 3.05) is 6.54 Å². The monoisotopic (exact) mass is 223 g/mol. The Morgan fingerprint density at radius 1 is 1.62 bits per heavy atom. The summed E-state index contributed by atoms with van der Waals surface area (Å²) in [5.41, 5.74) is 5.63. The molecule has 1 atom stereocenters. The Balaban J connectivity index is 1.90. The van der Waals surface area contributed by atoms with E-state index in [1.54, 1.807) is 6.33 Å². The van der Waals surface area contributed by atoms with Crippen LogP contribution in [0.2, 0.25) is 0 Å². The molecule has 1 aromatic heterocycles. The van der Waals surface area contributed by atoms with Crippen molar-refractivity contribution in [2.24, 2.45) is 5.73 Å². The lowest BCUT2D eigenvalue weighted by atomic mass is 10.2. The molecule has 0 bridgehead atoms. The number of amides is 1. The highest BCUT2D eigenvalue weighted by atomic mass is 16.2. The van der Waals surface area contributed by atoms with Gasteiger partial charge in [0, 0.05) is 25.6 Å². The Morgan fingerprint density at radius 2 is 2.44 bits per heavy atom. The predicted molar refractivity (Wildman–Crippen MR) is 58.3 cm³/mol. The van der Waals surface area contributed by atoms with Crippen molar-refractivity contribution in [3.05, 3.63) is 12.2 Å². The van der Waals surface area contributed by atoms with Gasteiger partial charge in [-0.3, -0.25) is 4.79 Å². The first kappa shape index (κ1) is 11.1. The maximum Gasteiger partial charge on any atom is 0.223 e. The summed E-state index contributed by atoms with van der Waals surface area (Å²) in [5.74, 6) is 1.02. The summed E-state index contributed by atoms with van der Waals surface area (Å²) in [4.78, 5) is 13.7. The van der Waals surface area contributed by atoms with Gasteiger partial charge in [-0.2, -0.15) is 0 Å². The van der Waals surface area contributed by atoms with Crippen LogP contribution in [0.5, 0.6) is 0 Å². The SMILES string of the molecule is CC(N)CCC(=O)N1CCn2cnnc2C1. The van der Waals surface area contributed by atoms with E-state index in [1.165, 1.54) is 0 Å². The lowest BCUT2D eigenvalue weighted by Gasteiger charge is -2.27. The lowest BCUT2D eigenvalue weighted by molar-refractivity contribution is -0.132. The summed E-state index contributed by atoms with van der Waals surface area (Å²) >= 11 is 0. The number of carbonyl (C=O) groups is 1. The van der Waals surface area contributed by atoms with Gasteiger partial charge in [0.2, 0.25) is 5.91 Å². The quantitative estimate of drug-likeness (QED) is 0.766. The summed E-state index contributed by atoms with van der Waals surface area (Å²) in [6.07, 6.45) is 2.97. The molecule has 2 rings (SSSR count). The van der Waals surface area contributed by atoms with Crippen molar-refractivity contribution < 1.29 is 4.79 Å². The van der Waals surface area contributed by atoms with Gasteiger partial charge in [0.15, 0.2) is 5.82 Å². The summed E-state index contributed by atoms with van der Waals surface area (Å²) < 4.78 is 1.98. The van der Waals surface area contributed by atoms with Crippen LogP contribution >= 0.6 is 0 Å². The Hall–Kier alpha value is -1.43. The van der Waals surface area contributed by atoms with Crippen LogP contribution in [0.15, 0.2) is 6.33 Å². The predicted octanol–water partition coefficient (Wildman–Crippen LogP) is -0.252. The number of fused-ring (bicyclic) bond motifs is 1. The largest absolute Gasteiger partial charge is 0.333 e. The van der Waals surface area contributed by atoms with Crippen molar-refractivity contribution in [1.29, 1.82) is 0 Å². The van der Waals surface area contributed by atoms with Gasteiger partial charge in [0.1, 0.15) is 6.33 Å². The Kier molecular flexibility index (Phi) is 3.19. The number of carbonyl (C=O) groups excluding carboxylic acids is 1. The number of nitrogens with zero attached hydrogens (tertiary/aromatic N) is 4. The molecule has 1 amide bonds. The van der Waals surface area contributed by atoms with E-state index in [-0.39, 0.29) is 11.9 Å². The molecule has 0 saturated heterocycles. The van der Waals surface area contributed by atoms with Crippen LogP contribution in [0, 0.1) is 0 Å². The van der Waals surface area contributed by atoms with Gasteiger partial charge < -0.3 is 15.2 Å². The van der Waals surface area contributed by atoms with Crippen LogP contribution in [0.4, 0.5) is 0 Å². The number of rotatable bonds is 3. The molecule has 88 valence electrons. The van der Waals surface area contributed by atoms with Gasteiger partial charge in [-0.25, -0.2) is 0 Å². The fourth-order valence-corrected chi connectivity index (χ4v) is 1.79. The van der Waals surface area contributed by atoms with E-state index in [2.05, 4.69) is 10.2 Å². The van der Waals surface area contributed by atoms with E-state index in [0.29, 0.717) is 13.0 Å². The summed E-state index contributed by atoms with van der Waals surface area (Å²) in [6, 6.07) is 0.0809. The molecule has 0 fully saturated rings. The smallest absolute Gasteiger partial charge is 0.223 e. The Bertz CT molecular complexity index is 373. The van der Waals surface area contributed by atoms with Crippen LogP contribution in [0.1, 0.15) is 25.6 Å². The Morgan fingerprint density at radius 3 is 3.19 bits per heavy atom. The molecular weight excluding hydrogens is 206 g/mol. The van der Waals surface area contributed by atoms with Crippen molar-refractivity contribution in [3.63, 3.8) is 0 Å². The average Bonchev–Trinajstić information content (AvgIpc) is 2.72. The molecule has 0 aromatic carbocycles. The second-order valence-corrected chi connectivity index (χ2v) is 4.27. The first-order valence-electron chi connectivity index (χ1n) is 5.57. The molecule has 1 unspecified atom stereocenters. The van der Waals surface area contributed by atoms with Gasteiger partial charge in [0.05, 0.1) is 6.54 Å². The maximum atomic E-state index is 11.8. The van der Waals surface area contributed by atoms with E-state index < -0.39 is 0 Å². The van der Waals surface area contributed by atoms with E-state index in [0.717, 1.165) is 25.3 Å². The molecule has 1 aromatic rings. The highest BCUT2D eigenvalue weighted by molar-refractivity contribution is 5.76. The maximum absolute atomic E-state index is 11.8. The van der Waals surface area contributed by atoms with Crippen LogP contribution in [0.3, 0.4) is 0 Å². The van der Waals surface area contributed by atoms with Gasteiger partial charge in [-0.1, -0.05) is 0 Å². The molecule has 6 nitrogen and oxygen atoms in total. The zero-order chi connectivity index (χ0) is 11.5. The number of nitrogens with two attached hydrogens (primary N) is 1. The zero-order valence-corrected chi connectivity index (χ0v) is 9.46. The van der Waals surface area contributed by atoms with Crippen LogP contribution in [-0.4, -0.2) is 38.2 Å². The normalized spacial score (nSPS) is 17.0. The molecule has 2 heterocycles. The van der Waals surface area contributed by atoms with Gasteiger partial charge in [-0.15, -0.1) is 10.2 Å². The Labute approximate surface area is 94.4 Å². The lowest BCUT2D eigenvalue weighted by Crippen LogP contribution is -2.38. The van der Waals surface area contributed by atoms with Crippen molar-refractivity contribution in [1.82, 2.24) is 19.7 Å². The van der Waals surface area contributed by atoms with E-state index >= 15 is 0 Å². The minimum atomic E-state index is 0.0809. The summed E-state index contributed by atoms with van der Waals surface area (Å²) in [5, 5.41) is 7.81. The summed E-state index contributed by atoms with van der Waals surface area (Å²) in [6.45, 7) is 4.01. The molecule has 16 heavy (non-hydrogen) atoms. The highest BCUT2D eigenvalue weighted by Crippen LogP contribution is 2.11. The first-order chi connectivity index (χ1) is 7.66. The second-order valence-electron chi connectivity index (χ2n) is 4.27. The van der Waals surface area contributed by atoms with Crippen LogP contribution in [0.25, 0.3) is 0 Å². The first-order valence-corrected chi connectivity index (χ1v) is 5.57. The number of hydrogen-bond donors (Lipinski definition) is 1. The molecule has 2 N–H and O–H groups in total. The average molecular weight is 223 g/mol. The minimum Gasteiger partial charge on any atom is -0.333 e. The molecular formula is C10H17N5O. The third kappa shape index (κ3) is 2.38. The molecule has 0 spiro atoms.